The Labute approximate surface area is 136 Å². The van der Waals surface area contributed by atoms with E-state index in [1.807, 2.05) is 28.9 Å². The van der Waals surface area contributed by atoms with E-state index in [-0.39, 0.29) is 5.91 Å². The molecule has 0 radical (unpaired) electrons. The molecule has 2 aromatic rings. The number of aromatic nitrogens is 2. The zero-order chi connectivity index (χ0) is 16.1. The molecule has 6 nitrogen and oxygen atoms in total. The van der Waals surface area contributed by atoms with E-state index in [4.69, 9.17) is 0 Å². The Hall–Kier alpha value is -1.92. The fraction of sp³-hybridized carbons (Fsp3) is 0.529. The molecule has 6 heteroatoms. The van der Waals surface area contributed by atoms with E-state index in [0.717, 1.165) is 56.6 Å². The molecule has 1 aromatic carbocycles. The number of fused-ring (bicyclic) bond motifs is 1. The number of aryl methyl sites for hydroxylation is 1. The second-order valence-electron chi connectivity index (χ2n) is 5.94. The van der Waals surface area contributed by atoms with Crippen molar-refractivity contribution in [3.8, 4) is 0 Å². The van der Waals surface area contributed by atoms with Crippen LogP contribution in [0.25, 0.3) is 10.9 Å². The first-order valence-electron chi connectivity index (χ1n) is 8.46. The monoisotopic (exact) mass is 315 g/mol. The van der Waals surface area contributed by atoms with Gasteiger partial charge in [0, 0.05) is 51.2 Å². The molecule has 23 heavy (non-hydrogen) atoms. The Bertz CT molecular complexity index is 660. The van der Waals surface area contributed by atoms with Gasteiger partial charge in [0.2, 0.25) is 0 Å². The molecule has 124 valence electrons. The molecule has 1 aliphatic heterocycles. The zero-order valence-electron chi connectivity index (χ0n) is 13.7. The Morgan fingerprint density at radius 2 is 2.04 bits per heavy atom. The smallest absolute Gasteiger partial charge is 0.272 e. The summed E-state index contributed by atoms with van der Waals surface area (Å²) in [5.41, 5.74) is 1.57. The van der Waals surface area contributed by atoms with Crippen molar-refractivity contribution in [3.05, 3.63) is 30.0 Å². The molecule has 1 aliphatic rings. The van der Waals surface area contributed by atoms with Crippen LogP contribution in [0.15, 0.2) is 24.3 Å². The predicted molar refractivity (Wildman–Crippen MR) is 91.7 cm³/mol. The number of nitrogens with one attached hydrogen (secondary N) is 2. The first kappa shape index (κ1) is 16.0. The molecule has 0 atom stereocenters. The van der Waals surface area contributed by atoms with Crippen molar-refractivity contribution in [2.75, 3.05) is 39.3 Å². The van der Waals surface area contributed by atoms with Crippen LogP contribution >= 0.6 is 0 Å². The fourth-order valence-electron chi connectivity index (χ4n) is 3.02. The van der Waals surface area contributed by atoms with Gasteiger partial charge in [-0.2, -0.15) is 5.10 Å². The highest BCUT2D eigenvalue weighted by molar-refractivity contribution is 6.04. The van der Waals surface area contributed by atoms with Crippen LogP contribution < -0.4 is 10.6 Å². The summed E-state index contributed by atoms with van der Waals surface area (Å²) in [6.45, 7) is 8.64. The Morgan fingerprint density at radius 3 is 2.83 bits per heavy atom. The van der Waals surface area contributed by atoms with Crippen molar-refractivity contribution in [1.29, 1.82) is 0 Å². The van der Waals surface area contributed by atoms with Crippen LogP contribution in [0.1, 0.15) is 23.8 Å². The number of carbonyl (C=O) groups is 1. The van der Waals surface area contributed by atoms with Crippen molar-refractivity contribution >= 4 is 16.8 Å². The lowest BCUT2D eigenvalue weighted by atomic mass is 10.2. The SMILES string of the molecule is CCCn1nc(C(=O)NCCN2CCNCC2)c2ccccc21. The highest BCUT2D eigenvalue weighted by atomic mass is 16.1. The lowest BCUT2D eigenvalue weighted by molar-refractivity contribution is 0.0943. The number of hydrogen-bond acceptors (Lipinski definition) is 4. The van der Waals surface area contributed by atoms with Gasteiger partial charge in [-0.25, -0.2) is 0 Å². The first-order valence-corrected chi connectivity index (χ1v) is 8.46. The third kappa shape index (κ3) is 3.71. The van der Waals surface area contributed by atoms with E-state index in [1.54, 1.807) is 0 Å². The standard InChI is InChI=1S/C17H25N5O/c1-2-10-22-15-6-4-3-5-14(15)16(20-22)17(23)19-9-13-21-11-7-18-8-12-21/h3-6,18H,2,7-13H2,1H3,(H,19,23). The van der Waals surface area contributed by atoms with E-state index in [0.29, 0.717) is 12.2 Å². The van der Waals surface area contributed by atoms with E-state index in [1.165, 1.54) is 0 Å². The minimum absolute atomic E-state index is 0.0776. The fourth-order valence-corrected chi connectivity index (χ4v) is 3.02. The van der Waals surface area contributed by atoms with Crippen LogP contribution in [-0.4, -0.2) is 59.9 Å². The van der Waals surface area contributed by atoms with Crippen LogP contribution in [0.3, 0.4) is 0 Å². The lowest BCUT2D eigenvalue weighted by Gasteiger charge is -2.26. The van der Waals surface area contributed by atoms with E-state index >= 15 is 0 Å². The number of amides is 1. The summed E-state index contributed by atoms with van der Waals surface area (Å²) in [5, 5.41) is 11.8. The molecule has 0 bridgehead atoms. The van der Waals surface area contributed by atoms with Gasteiger partial charge in [0.05, 0.1) is 5.52 Å². The van der Waals surface area contributed by atoms with Crippen molar-refractivity contribution in [3.63, 3.8) is 0 Å². The topological polar surface area (TPSA) is 62.2 Å². The summed E-state index contributed by atoms with van der Waals surface area (Å²) in [7, 11) is 0. The molecule has 2 heterocycles. The maximum Gasteiger partial charge on any atom is 0.272 e. The van der Waals surface area contributed by atoms with Gasteiger partial charge in [0.25, 0.3) is 5.91 Å². The number of benzene rings is 1. The lowest BCUT2D eigenvalue weighted by Crippen LogP contribution is -2.46. The van der Waals surface area contributed by atoms with Gasteiger partial charge in [-0.3, -0.25) is 14.4 Å². The van der Waals surface area contributed by atoms with Gasteiger partial charge >= 0.3 is 0 Å². The highest BCUT2D eigenvalue weighted by Crippen LogP contribution is 2.18. The maximum atomic E-state index is 12.5. The molecular weight excluding hydrogens is 290 g/mol. The summed E-state index contributed by atoms with van der Waals surface area (Å²) < 4.78 is 1.93. The van der Waals surface area contributed by atoms with Crippen LogP contribution in [0.2, 0.25) is 0 Å². The number of piperazine rings is 1. The second-order valence-corrected chi connectivity index (χ2v) is 5.94. The Morgan fingerprint density at radius 1 is 1.26 bits per heavy atom. The van der Waals surface area contributed by atoms with Crippen molar-refractivity contribution in [2.24, 2.45) is 0 Å². The van der Waals surface area contributed by atoms with Crippen LogP contribution in [0.5, 0.6) is 0 Å². The summed E-state index contributed by atoms with van der Waals surface area (Å²) in [6, 6.07) is 7.94. The van der Waals surface area contributed by atoms with Gasteiger partial charge < -0.3 is 10.6 Å². The molecule has 1 saturated heterocycles. The van der Waals surface area contributed by atoms with Crippen LogP contribution in [0.4, 0.5) is 0 Å². The third-order valence-electron chi connectivity index (χ3n) is 4.23. The maximum absolute atomic E-state index is 12.5. The quantitative estimate of drug-likeness (QED) is 0.837. The van der Waals surface area contributed by atoms with E-state index in [9.17, 15) is 4.79 Å². The average molecular weight is 315 g/mol. The molecular formula is C17H25N5O. The third-order valence-corrected chi connectivity index (χ3v) is 4.23. The van der Waals surface area contributed by atoms with Gasteiger partial charge in [-0.1, -0.05) is 25.1 Å². The minimum atomic E-state index is -0.0776. The molecule has 0 unspecified atom stereocenters. The molecule has 0 spiro atoms. The van der Waals surface area contributed by atoms with Crippen LogP contribution in [0, 0.1) is 0 Å². The molecule has 1 fully saturated rings. The highest BCUT2D eigenvalue weighted by Gasteiger charge is 2.17. The summed E-state index contributed by atoms with van der Waals surface area (Å²) in [4.78, 5) is 14.9. The van der Waals surface area contributed by atoms with Crippen molar-refractivity contribution in [1.82, 2.24) is 25.3 Å². The molecule has 3 rings (SSSR count). The van der Waals surface area contributed by atoms with E-state index < -0.39 is 0 Å². The number of rotatable bonds is 6. The largest absolute Gasteiger partial charge is 0.349 e. The van der Waals surface area contributed by atoms with Gasteiger partial charge in [-0.15, -0.1) is 0 Å². The number of carbonyl (C=O) groups excluding carboxylic acids is 1. The van der Waals surface area contributed by atoms with Crippen molar-refractivity contribution < 1.29 is 4.79 Å². The molecule has 0 saturated carbocycles. The second kappa shape index (κ2) is 7.57. The predicted octanol–water partition coefficient (Wildman–Crippen LogP) is 1.08. The summed E-state index contributed by atoms with van der Waals surface area (Å²) in [6.07, 6.45) is 0.996. The zero-order valence-corrected chi connectivity index (χ0v) is 13.7. The molecule has 2 N–H and O–H groups in total. The van der Waals surface area contributed by atoms with Crippen molar-refractivity contribution in [2.45, 2.75) is 19.9 Å². The summed E-state index contributed by atoms with van der Waals surface area (Å²) >= 11 is 0. The van der Waals surface area contributed by atoms with Gasteiger partial charge in [0.15, 0.2) is 5.69 Å². The Balaban J connectivity index is 1.65. The van der Waals surface area contributed by atoms with Gasteiger partial charge in [0.1, 0.15) is 0 Å². The molecule has 0 aliphatic carbocycles. The number of para-hydroxylation sites is 1. The minimum Gasteiger partial charge on any atom is -0.349 e. The number of hydrogen-bond donors (Lipinski definition) is 2. The summed E-state index contributed by atoms with van der Waals surface area (Å²) in [5.74, 6) is -0.0776. The average Bonchev–Trinajstić information content (AvgIpc) is 2.95. The van der Waals surface area contributed by atoms with E-state index in [2.05, 4.69) is 27.6 Å². The Kier molecular flexibility index (Phi) is 5.25. The normalized spacial score (nSPS) is 15.9. The van der Waals surface area contributed by atoms with Gasteiger partial charge in [-0.05, 0) is 12.5 Å². The number of nitrogens with zero attached hydrogens (tertiary/aromatic N) is 3. The van der Waals surface area contributed by atoms with Crippen LogP contribution in [-0.2, 0) is 6.54 Å². The first-order chi connectivity index (χ1) is 11.3. The molecule has 1 aromatic heterocycles. The molecule has 1 amide bonds.